The second-order valence-electron chi connectivity index (χ2n) is 6.69. The topological polar surface area (TPSA) is 76.1 Å². The SMILES string of the molecule is CC(CNC(=O)Nc1nnc(C2CCOCC2)s1)c1ccc(C(F)(F)F)cc1. The maximum atomic E-state index is 12.6. The monoisotopic (exact) mass is 414 g/mol. The minimum atomic E-state index is -4.36. The van der Waals surface area contributed by atoms with E-state index in [1.54, 1.807) is 0 Å². The van der Waals surface area contributed by atoms with E-state index in [0.717, 1.165) is 30.0 Å². The second kappa shape index (κ2) is 8.87. The normalized spacial score (nSPS) is 16.6. The van der Waals surface area contributed by atoms with Gasteiger partial charge in [-0.2, -0.15) is 13.2 Å². The zero-order chi connectivity index (χ0) is 20.1. The summed E-state index contributed by atoms with van der Waals surface area (Å²) in [4.78, 5) is 12.1. The Morgan fingerprint density at radius 1 is 1.25 bits per heavy atom. The van der Waals surface area contributed by atoms with Crippen molar-refractivity contribution in [2.45, 2.75) is 37.8 Å². The maximum absolute atomic E-state index is 12.6. The molecule has 1 atom stereocenters. The third kappa shape index (κ3) is 5.41. The molecule has 10 heteroatoms. The number of rotatable bonds is 5. The van der Waals surface area contributed by atoms with Gasteiger partial charge in [0.1, 0.15) is 5.01 Å². The molecule has 6 nitrogen and oxygen atoms in total. The van der Waals surface area contributed by atoms with Crippen molar-refractivity contribution < 1.29 is 22.7 Å². The van der Waals surface area contributed by atoms with Crippen LogP contribution in [-0.2, 0) is 10.9 Å². The van der Waals surface area contributed by atoms with Crippen molar-refractivity contribution in [3.8, 4) is 0 Å². The van der Waals surface area contributed by atoms with E-state index < -0.39 is 17.8 Å². The Labute approximate surface area is 164 Å². The van der Waals surface area contributed by atoms with Crippen molar-refractivity contribution in [1.29, 1.82) is 0 Å². The largest absolute Gasteiger partial charge is 0.416 e. The van der Waals surface area contributed by atoms with Crippen LogP contribution in [0.15, 0.2) is 24.3 Å². The third-order valence-corrected chi connectivity index (χ3v) is 5.61. The number of aromatic nitrogens is 2. The van der Waals surface area contributed by atoms with Crippen LogP contribution >= 0.6 is 11.3 Å². The van der Waals surface area contributed by atoms with E-state index in [4.69, 9.17) is 4.74 Å². The molecule has 1 aliphatic rings. The Hall–Kier alpha value is -2.20. The number of urea groups is 1. The molecule has 152 valence electrons. The summed E-state index contributed by atoms with van der Waals surface area (Å²) >= 11 is 1.35. The van der Waals surface area contributed by atoms with Gasteiger partial charge in [0.15, 0.2) is 0 Å². The lowest BCUT2D eigenvalue weighted by Gasteiger charge is -2.18. The molecule has 1 aromatic heterocycles. The van der Waals surface area contributed by atoms with Gasteiger partial charge in [-0.1, -0.05) is 30.4 Å². The Morgan fingerprint density at radius 3 is 2.57 bits per heavy atom. The lowest BCUT2D eigenvalue weighted by molar-refractivity contribution is -0.137. The van der Waals surface area contributed by atoms with Crippen molar-refractivity contribution >= 4 is 22.5 Å². The van der Waals surface area contributed by atoms with Crippen LogP contribution in [0.4, 0.5) is 23.1 Å². The first-order valence-corrected chi connectivity index (χ1v) is 9.77. The summed E-state index contributed by atoms with van der Waals surface area (Å²) in [5, 5.41) is 14.8. The number of nitrogens with zero attached hydrogens (tertiary/aromatic N) is 2. The molecule has 0 radical (unpaired) electrons. The van der Waals surface area contributed by atoms with E-state index in [0.29, 0.717) is 29.8 Å². The van der Waals surface area contributed by atoms with Crippen LogP contribution < -0.4 is 10.6 Å². The molecule has 1 aliphatic heterocycles. The van der Waals surface area contributed by atoms with Crippen molar-refractivity contribution in [2.24, 2.45) is 0 Å². The number of anilines is 1. The Balaban J connectivity index is 1.48. The predicted octanol–water partition coefficient (Wildman–Crippen LogP) is 4.38. The lowest BCUT2D eigenvalue weighted by atomic mass is 10.00. The first-order chi connectivity index (χ1) is 13.3. The second-order valence-corrected chi connectivity index (χ2v) is 7.70. The number of hydrogen-bond acceptors (Lipinski definition) is 5. The number of ether oxygens (including phenoxy) is 1. The average molecular weight is 414 g/mol. The van der Waals surface area contributed by atoms with E-state index in [-0.39, 0.29) is 12.5 Å². The molecule has 1 aromatic carbocycles. The molecule has 1 saturated heterocycles. The molecule has 0 aliphatic carbocycles. The number of hydrogen-bond donors (Lipinski definition) is 2. The molecule has 2 amide bonds. The van der Waals surface area contributed by atoms with Gasteiger partial charge < -0.3 is 10.1 Å². The number of alkyl halides is 3. The van der Waals surface area contributed by atoms with E-state index >= 15 is 0 Å². The minimum absolute atomic E-state index is 0.139. The molecule has 2 aromatic rings. The molecule has 28 heavy (non-hydrogen) atoms. The van der Waals surface area contributed by atoms with Crippen LogP contribution in [0, 0.1) is 0 Å². The summed E-state index contributed by atoms with van der Waals surface area (Å²) in [6, 6.07) is 4.53. The fourth-order valence-corrected chi connectivity index (χ4v) is 3.81. The van der Waals surface area contributed by atoms with Gasteiger partial charge in [0.25, 0.3) is 0 Å². The first-order valence-electron chi connectivity index (χ1n) is 8.96. The van der Waals surface area contributed by atoms with Crippen molar-refractivity contribution in [3.63, 3.8) is 0 Å². The van der Waals surface area contributed by atoms with Gasteiger partial charge in [0.05, 0.1) is 5.56 Å². The fourth-order valence-electron chi connectivity index (χ4n) is 2.90. The van der Waals surface area contributed by atoms with Crippen LogP contribution in [0.2, 0.25) is 0 Å². The summed E-state index contributed by atoms with van der Waals surface area (Å²) in [6.45, 7) is 3.52. The van der Waals surface area contributed by atoms with Gasteiger partial charge in [-0.15, -0.1) is 10.2 Å². The number of carbonyl (C=O) groups is 1. The molecule has 0 saturated carbocycles. The minimum Gasteiger partial charge on any atom is -0.381 e. The highest BCUT2D eigenvalue weighted by Crippen LogP contribution is 2.31. The molecular weight excluding hydrogens is 393 g/mol. The fraction of sp³-hybridized carbons (Fsp3) is 0.500. The Kier molecular flexibility index (Phi) is 6.50. The summed E-state index contributed by atoms with van der Waals surface area (Å²) < 4.78 is 43.2. The van der Waals surface area contributed by atoms with E-state index in [1.165, 1.54) is 23.5 Å². The van der Waals surface area contributed by atoms with Crippen molar-refractivity contribution in [3.05, 3.63) is 40.4 Å². The average Bonchev–Trinajstić information content (AvgIpc) is 3.14. The Morgan fingerprint density at radius 2 is 1.93 bits per heavy atom. The van der Waals surface area contributed by atoms with Gasteiger partial charge in [-0.3, -0.25) is 5.32 Å². The number of halogens is 3. The van der Waals surface area contributed by atoms with Crippen LogP contribution in [0.5, 0.6) is 0 Å². The van der Waals surface area contributed by atoms with Gasteiger partial charge >= 0.3 is 12.2 Å². The molecule has 0 spiro atoms. The molecule has 2 heterocycles. The van der Waals surface area contributed by atoms with E-state index in [1.807, 2.05) is 6.92 Å². The molecule has 1 unspecified atom stereocenters. The summed E-state index contributed by atoms with van der Waals surface area (Å²) in [5.74, 6) is 0.171. The molecule has 1 fully saturated rings. The first kappa shape index (κ1) is 20.5. The predicted molar refractivity (Wildman–Crippen MR) is 99.6 cm³/mol. The Bertz CT molecular complexity index is 789. The summed E-state index contributed by atoms with van der Waals surface area (Å²) in [5.41, 5.74) is 0.0248. The van der Waals surface area contributed by atoms with Gasteiger partial charge in [-0.25, -0.2) is 4.79 Å². The summed E-state index contributed by atoms with van der Waals surface area (Å²) in [6.07, 6.45) is -2.57. The molecule has 3 rings (SSSR count). The molecular formula is C18H21F3N4O2S. The van der Waals surface area contributed by atoms with Crippen LogP contribution in [0.3, 0.4) is 0 Å². The van der Waals surface area contributed by atoms with Crippen LogP contribution in [0.1, 0.15) is 47.7 Å². The smallest absolute Gasteiger partial charge is 0.381 e. The highest BCUT2D eigenvalue weighted by Gasteiger charge is 2.30. The number of benzene rings is 1. The number of amides is 2. The van der Waals surface area contributed by atoms with E-state index in [9.17, 15) is 18.0 Å². The third-order valence-electron chi connectivity index (χ3n) is 4.61. The van der Waals surface area contributed by atoms with Gasteiger partial charge in [-0.05, 0) is 36.5 Å². The lowest BCUT2D eigenvalue weighted by Crippen LogP contribution is -2.31. The zero-order valence-electron chi connectivity index (χ0n) is 15.3. The van der Waals surface area contributed by atoms with Crippen LogP contribution in [0.25, 0.3) is 0 Å². The van der Waals surface area contributed by atoms with Crippen molar-refractivity contribution in [2.75, 3.05) is 25.1 Å². The summed E-state index contributed by atoms with van der Waals surface area (Å²) in [7, 11) is 0. The highest BCUT2D eigenvalue weighted by molar-refractivity contribution is 7.15. The van der Waals surface area contributed by atoms with Gasteiger partial charge in [0, 0.05) is 25.7 Å². The van der Waals surface area contributed by atoms with Gasteiger partial charge in [0.2, 0.25) is 5.13 Å². The highest BCUT2D eigenvalue weighted by atomic mass is 32.1. The number of carbonyl (C=O) groups excluding carboxylic acids is 1. The zero-order valence-corrected chi connectivity index (χ0v) is 16.1. The molecule has 0 bridgehead atoms. The maximum Gasteiger partial charge on any atom is 0.416 e. The van der Waals surface area contributed by atoms with E-state index in [2.05, 4.69) is 20.8 Å². The standard InChI is InChI=1S/C18H21F3N4O2S/c1-11(12-2-4-14(5-3-12)18(19,20)21)10-22-16(26)23-17-25-24-15(28-17)13-6-8-27-9-7-13/h2-5,11,13H,6-10H2,1H3,(H2,22,23,25,26). The molecule has 2 N–H and O–H groups in total. The van der Waals surface area contributed by atoms with Crippen LogP contribution in [-0.4, -0.2) is 36.0 Å². The quantitative estimate of drug-likeness (QED) is 0.762. The number of nitrogens with one attached hydrogen (secondary N) is 2. The van der Waals surface area contributed by atoms with Crippen molar-refractivity contribution in [1.82, 2.24) is 15.5 Å².